The molecular weight excluding hydrogens is 176 g/mol. The molecule has 0 saturated carbocycles. The van der Waals surface area contributed by atoms with Crippen molar-refractivity contribution < 1.29 is 23.7 Å². The molecule has 0 rings (SSSR count). The van der Waals surface area contributed by atoms with Gasteiger partial charge in [0.2, 0.25) is 0 Å². The molecule has 0 aromatic rings. The number of hydrogen-bond acceptors (Lipinski definition) is 5. The van der Waals surface area contributed by atoms with Crippen molar-refractivity contribution in [2.24, 2.45) is 0 Å². The van der Waals surface area contributed by atoms with Gasteiger partial charge in [0.1, 0.15) is 6.42 Å². The van der Waals surface area contributed by atoms with Crippen LogP contribution in [0.3, 0.4) is 0 Å². The summed E-state index contributed by atoms with van der Waals surface area (Å²) in [4.78, 5) is 11.1. The van der Waals surface area contributed by atoms with Gasteiger partial charge in [-0.2, -0.15) is 0 Å². The number of esters is 1. The van der Waals surface area contributed by atoms with E-state index in [4.69, 9.17) is 18.9 Å². The minimum absolute atomic E-state index is 0.0929. The lowest BCUT2D eigenvalue weighted by Crippen LogP contribution is -2.38. The molecule has 0 aliphatic heterocycles. The highest BCUT2D eigenvalue weighted by atomic mass is 16.9. The summed E-state index contributed by atoms with van der Waals surface area (Å²) in [5.41, 5.74) is 0. The summed E-state index contributed by atoms with van der Waals surface area (Å²) in [6.07, 6.45) is -0.0929. The molecule has 0 radical (unpaired) electrons. The van der Waals surface area contributed by atoms with Crippen molar-refractivity contribution in [3.8, 4) is 0 Å². The smallest absolute Gasteiger partial charge is 0.314 e. The molecule has 0 saturated heterocycles. The molecule has 0 spiro atoms. The van der Waals surface area contributed by atoms with Gasteiger partial charge in [-0.05, 0) is 6.92 Å². The first-order chi connectivity index (χ1) is 6.14. The van der Waals surface area contributed by atoms with Gasteiger partial charge in [0, 0.05) is 21.3 Å². The van der Waals surface area contributed by atoms with Crippen LogP contribution in [0.4, 0.5) is 0 Å². The van der Waals surface area contributed by atoms with E-state index in [0.717, 1.165) is 0 Å². The second-order valence-corrected chi connectivity index (χ2v) is 2.28. The van der Waals surface area contributed by atoms with E-state index in [1.165, 1.54) is 21.3 Å². The molecule has 0 aromatic carbocycles. The van der Waals surface area contributed by atoms with Crippen LogP contribution in [0.1, 0.15) is 13.3 Å². The highest BCUT2D eigenvalue weighted by Gasteiger charge is 2.33. The molecule has 13 heavy (non-hydrogen) atoms. The van der Waals surface area contributed by atoms with Crippen molar-refractivity contribution >= 4 is 5.97 Å². The van der Waals surface area contributed by atoms with Crippen LogP contribution in [0.2, 0.25) is 0 Å². The Bertz CT molecular complexity index is 144. The van der Waals surface area contributed by atoms with Gasteiger partial charge >= 0.3 is 5.97 Å². The van der Waals surface area contributed by atoms with Gasteiger partial charge < -0.3 is 18.9 Å². The zero-order valence-corrected chi connectivity index (χ0v) is 8.46. The van der Waals surface area contributed by atoms with Crippen LogP contribution in [0, 0.1) is 0 Å². The Morgan fingerprint density at radius 3 is 1.92 bits per heavy atom. The molecule has 0 N–H and O–H groups in total. The standard InChI is InChI=1S/C8H16O5/c1-5-13-7(9)6-8(10-2,11-3)12-4/h5-6H2,1-4H3. The lowest BCUT2D eigenvalue weighted by Gasteiger charge is -2.27. The average Bonchev–Trinajstić information content (AvgIpc) is 2.15. The SMILES string of the molecule is CCOC(=O)CC(OC)(OC)OC. The van der Waals surface area contributed by atoms with E-state index < -0.39 is 11.9 Å². The summed E-state index contributed by atoms with van der Waals surface area (Å²) < 4.78 is 19.4. The Kier molecular flexibility index (Phi) is 5.61. The predicted molar refractivity (Wildman–Crippen MR) is 45.0 cm³/mol. The second kappa shape index (κ2) is 5.90. The lowest BCUT2D eigenvalue weighted by atomic mass is 10.3. The number of carbonyl (C=O) groups is 1. The van der Waals surface area contributed by atoms with Crippen LogP contribution in [0.5, 0.6) is 0 Å². The van der Waals surface area contributed by atoms with Crippen LogP contribution < -0.4 is 0 Å². The van der Waals surface area contributed by atoms with Crippen molar-refractivity contribution in [1.82, 2.24) is 0 Å². The number of carbonyl (C=O) groups excluding carboxylic acids is 1. The first kappa shape index (κ1) is 12.3. The maximum atomic E-state index is 11.1. The molecular formula is C8H16O5. The van der Waals surface area contributed by atoms with E-state index in [2.05, 4.69) is 0 Å². The zero-order chi connectivity index (χ0) is 10.3. The van der Waals surface area contributed by atoms with Gasteiger partial charge in [0.15, 0.2) is 0 Å². The molecule has 5 heteroatoms. The van der Waals surface area contributed by atoms with Gasteiger partial charge in [-0.3, -0.25) is 4.79 Å². The van der Waals surface area contributed by atoms with Gasteiger partial charge in [-0.15, -0.1) is 0 Å². The van der Waals surface area contributed by atoms with Gasteiger partial charge in [-0.1, -0.05) is 0 Å². The van der Waals surface area contributed by atoms with E-state index in [1.54, 1.807) is 6.92 Å². The molecule has 0 aromatic heterocycles. The van der Waals surface area contributed by atoms with Crippen LogP contribution in [0.15, 0.2) is 0 Å². The fourth-order valence-electron chi connectivity index (χ4n) is 0.855. The van der Waals surface area contributed by atoms with Gasteiger partial charge in [-0.25, -0.2) is 0 Å². The first-order valence-corrected chi connectivity index (χ1v) is 3.95. The van der Waals surface area contributed by atoms with Gasteiger partial charge in [0.05, 0.1) is 6.61 Å². The van der Waals surface area contributed by atoms with Crippen molar-refractivity contribution in [3.05, 3.63) is 0 Å². The maximum absolute atomic E-state index is 11.1. The average molecular weight is 192 g/mol. The normalized spacial score (nSPS) is 11.4. The summed E-state index contributed by atoms with van der Waals surface area (Å²) in [5, 5.41) is 0. The van der Waals surface area contributed by atoms with E-state index in [1.807, 2.05) is 0 Å². The third-order valence-electron chi connectivity index (χ3n) is 1.60. The quantitative estimate of drug-likeness (QED) is 0.454. The third kappa shape index (κ3) is 3.71. The highest BCUT2D eigenvalue weighted by Crippen LogP contribution is 2.17. The first-order valence-electron chi connectivity index (χ1n) is 3.95. The molecule has 0 aliphatic rings. The summed E-state index contributed by atoms with van der Waals surface area (Å²) in [6.45, 7) is 2.05. The minimum Gasteiger partial charge on any atom is -0.466 e. The highest BCUT2D eigenvalue weighted by molar-refractivity contribution is 5.70. The molecule has 78 valence electrons. The molecule has 0 fully saturated rings. The summed E-state index contributed by atoms with van der Waals surface area (Å²) in [5.74, 6) is -1.75. The molecule has 0 amide bonds. The second-order valence-electron chi connectivity index (χ2n) is 2.28. The molecule has 0 bridgehead atoms. The zero-order valence-electron chi connectivity index (χ0n) is 8.46. The number of hydrogen-bond donors (Lipinski definition) is 0. The van der Waals surface area contributed by atoms with Crippen LogP contribution in [-0.4, -0.2) is 39.9 Å². The Hall–Kier alpha value is -0.650. The van der Waals surface area contributed by atoms with Crippen molar-refractivity contribution in [3.63, 3.8) is 0 Å². The Labute approximate surface area is 77.9 Å². The predicted octanol–water partition coefficient (Wildman–Crippen LogP) is 0.533. The molecule has 0 unspecified atom stereocenters. The van der Waals surface area contributed by atoms with E-state index in [-0.39, 0.29) is 6.42 Å². The van der Waals surface area contributed by atoms with Crippen LogP contribution in [0.25, 0.3) is 0 Å². The summed E-state index contributed by atoms with van der Waals surface area (Å²) >= 11 is 0. The minimum atomic E-state index is -1.33. The van der Waals surface area contributed by atoms with Crippen molar-refractivity contribution in [2.75, 3.05) is 27.9 Å². The van der Waals surface area contributed by atoms with Crippen molar-refractivity contribution in [2.45, 2.75) is 19.3 Å². The molecule has 5 nitrogen and oxygen atoms in total. The topological polar surface area (TPSA) is 54.0 Å². The maximum Gasteiger partial charge on any atom is 0.314 e. The van der Waals surface area contributed by atoms with Gasteiger partial charge in [0.25, 0.3) is 5.97 Å². The lowest BCUT2D eigenvalue weighted by molar-refractivity contribution is -0.352. The monoisotopic (exact) mass is 192 g/mol. The Morgan fingerprint density at radius 1 is 1.15 bits per heavy atom. The molecule has 0 heterocycles. The third-order valence-corrected chi connectivity index (χ3v) is 1.60. The number of rotatable bonds is 6. The Balaban J connectivity index is 4.16. The summed E-state index contributed by atoms with van der Waals surface area (Å²) in [6, 6.07) is 0. The van der Waals surface area contributed by atoms with Crippen LogP contribution >= 0.6 is 0 Å². The molecule has 0 atom stereocenters. The van der Waals surface area contributed by atoms with E-state index in [0.29, 0.717) is 6.61 Å². The fraction of sp³-hybridized carbons (Fsp3) is 0.875. The number of ether oxygens (including phenoxy) is 4. The summed E-state index contributed by atoms with van der Waals surface area (Å²) in [7, 11) is 4.19. The number of methoxy groups -OCH3 is 3. The van der Waals surface area contributed by atoms with Crippen molar-refractivity contribution in [1.29, 1.82) is 0 Å². The fourth-order valence-corrected chi connectivity index (χ4v) is 0.855. The van der Waals surface area contributed by atoms with E-state index >= 15 is 0 Å². The van der Waals surface area contributed by atoms with E-state index in [9.17, 15) is 4.79 Å². The van der Waals surface area contributed by atoms with Crippen LogP contribution in [-0.2, 0) is 23.7 Å². The largest absolute Gasteiger partial charge is 0.466 e. The Morgan fingerprint density at radius 2 is 1.62 bits per heavy atom. The molecule has 0 aliphatic carbocycles.